The van der Waals surface area contributed by atoms with Gasteiger partial charge in [-0.25, -0.2) is 0 Å². The van der Waals surface area contributed by atoms with Crippen LogP contribution in [-0.4, -0.2) is 0 Å². The van der Waals surface area contributed by atoms with Gasteiger partial charge in [-0.1, -0.05) is 45.8 Å². The molecule has 1 saturated carbocycles. The fraction of sp³-hybridized carbons (Fsp3) is 0.846. The van der Waals surface area contributed by atoms with Crippen LogP contribution < -0.4 is 0 Å². The van der Waals surface area contributed by atoms with E-state index in [1.54, 1.807) is 0 Å². The Morgan fingerprint density at radius 3 is 2.00 bits per heavy atom. The summed E-state index contributed by atoms with van der Waals surface area (Å²) in [5.74, 6) is 1.83. The van der Waals surface area contributed by atoms with E-state index in [4.69, 9.17) is 0 Å². The van der Waals surface area contributed by atoms with E-state index in [1.165, 1.54) is 31.3 Å². The molecule has 0 aromatic carbocycles. The maximum Gasteiger partial charge on any atom is -0.0122 e. The first-order chi connectivity index (χ1) is 5.94. The van der Waals surface area contributed by atoms with Crippen molar-refractivity contribution in [2.75, 3.05) is 0 Å². The molecule has 0 aromatic heterocycles. The first-order valence-corrected chi connectivity index (χ1v) is 5.60. The highest BCUT2D eigenvalue weighted by Gasteiger charge is 2.32. The van der Waals surface area contributed by atoms with Crippen LogP contribution in [0.15, 0.2) is 12.2 Å². The Hall–Kier alpha value is -0.260. The molecule has 76 valence electrons. The molecular weight excluding hydrogens is 156 g/mol. The fourth-order valence-electron chi connectivity index (χ4n) is 2.33. The lowest BCUT2D eigenvalue weighted by Gasteiger charge is -2.39. The molecule has 0 spiro atoms. The SMILES string of the molecule is C=C(C)C(C)(C)C1CCC(C)CC1. The predicted molar refractivity (Wildman–Crippen MR) is 59.7 cm³/mol. The normalized spacial score (nSPS) is 30.2. The summed E-state index contributed by atoms with van der Waals surface area (Å²) in [6.45, 7) is 13.4. The smallest absolute Gasteiger partial charge is 0.0122 e. The molecule has 1 aliphatic carbocycles. The van der Waals surface area contributed by atoms with E-state index in [-0.39, 0.29) is 0 Å². The average Bonchev–Trinajstić information content (AvgIpc) is 2.04. The van der Waals surface area contributed by atoms with Gasteiger partial charge in [-0.15, -0.1) is 0 Å². The minimum absolute atomic E-state index is 0.361. The van der Waals surface area contributed by atoms with Gasteiger partial charge in [0.15, 0.2) is 0 Å². The van der Waals surface area contributed by atoms with Crippen molar-refractivity contribution in [1.29, 1.82) is 0 Å². The molecule has 0 N–H and O–H groups in total. The van der Waals surface area contributed by atoms with Crippen molar-refractivity contribution >= 4 is 0 Å². The second-order valence-corrected chi connectivity index (χ2v) is 5.46. The van der Waals surface area contributed by atoms with Gasteiger partial charge in [-0.2, -0.15) is 0 Å². The standard InChI is InChI=1S/C13H24/c1-10(2)13(4,5)12-8-6-11(3)7-9-12/h11-12H,1,6-9H2,2-5H3. The van der Waals surface area contributed by atoms with Gasteiger partial charge >= 0.3 is 0 Å². The second-order valence-electron chi connectivity index (χ2n) is 5.46. The fourth-order valence-corrected chi connectivity index (χ4v) is 2.33. The van der Waals surface area contributed by atoms with Gasteiger partial charge in [-0.3, -0.25) is 0 Å². The largest absolute Gasteiger partial charge is 0.0996 e. The zero-order valence-electron chi connectivity index (χ0n) is 9.69. The summed E-state index contributed by atoms with van der Waals surface area (Å²) in [7, 11) is 0. The monoisotopic (exact) mass is 180 g/mol. The van der Waals surface area contributed by atoms with E-state index >= 15 is 0 Å². The van der Waals surface area contributed by atoms with Gasteiger partial charge in [0.2, 0.25) is 0 Å². The Morgan fingerprint density at radius 2 is 1.62 bits per heavy atom. The summed E-state index contributed by atoms with van der Waals surface area (Å²) < 4.78 is 0. The quantitative estimate of drug-likeness (QED) is 0.552. The predicted octanol–water partition coefficient (Wildman–Crippen LogP) is 4.42. The van der Waals surface area contributed by atoms with Crippen LogP contribution >= 0.6 is 0 Å². The third-order valence-corrected chi connectivity index (χ3v) is 4.14. The lowest BCUT2D eigenvalue weighted by molar-refractivity contribution is 0.171. The van der Waals surface area contributed by atoms with E-state index in [0.29, 0.717) is 5.41 Å². The Labute approximate surface area is 83.4 Å². The highest BCUT2D eigenvalue weighted by atomic mass is 14.4. The van der Waals surface area contributed by atoms with Gasteiger partial charge in [0, 0.05) is 0 Å². The molecule has 0 aliphatic heterocycles. The number of hydrogen-bond donors (Lipinski definition) is 0. The van der Waals surface area contributed by atoms with Crippen molar-refractivity contribution in [2.45, 2.75) is 53.4 Å². The summed E-state index contributed by atoms with van der Waals surface area (Å²) >= 11 is 0. The summed E-state index contributed by atoms with van der Waals surface area (Å²) in [6.07, 6.45) is 5.64. The molecule has 0 bridgehead atoms. The van der Waals surface area contributed by atoms with E-state index < -0.39 is 0 Å². The van der Waals surface area contributed by atoms with Crippen LogP contribution in [0.2, 0.25) is 0 Å². The van der Waals surface area contributed by atoms with E-state index in [0.717, 1.165) is 11.8 Å². The van der Waals surface area contributed by atoms with Crippen LogP contribution in [-0.2, 0) is 0 Å². The summed E-state index contributed by atoms with van der Waals surface area (Å²) in [5, 5.41) is 0. The zero-order valence-corrected chi connectivity index (χ0v) is 9.69. The topological polar surface area (TPSA) is 0 Å². The van der Waals surface area contributed by atoms with Gasteiger partial charge < -0.3 is 0 Å². The molecule has 1 fully saturated rings. The Morgan fingerprint density at radius 1 is 1.15 bits per heavy atom. The molecule has 0 atom stereocenters. The second kappa shape index (κ2) is 3.86. The van der Waals surface area contributed by atoms with E-state index in [2.05, 4.69) is 34.3 Å². The summed E-state index contributed by atoms with van der Waals surface area (Å²) in [6, 6.07) is 0. The van der Waals surface area contributed by atoms with Gasteiger partial charge in [0.25, 0.3) is 0 Å². The van der Waals surface area contributed by atoms with Crippen LogP contribution in [0.5, 0.6) is 0 Å². The zero-order chi connectivity index (χ0) is 10.1. The third kappa shape index (κ3) is 2.36. The maximum absolute atomic E-state index is 4.12. The first kappa shape index (κ1) is 10.8. The van der Waals surface area contributed by atoms with Crippen molar-refractivity contribution < 1.29 is 0 Å². The van der Waals surface area contributed by atoms with Crippen LogP contribution in [0, 0.1) is 17.3 Å². The Bertz CT molecular complexity index is 180. The van der Waals surface area contributed by atoms with Crippen LogP contribution in [0.1, 0.15) is 53.4 Å². The Balaban J connectivity index is 2.58. The van der Waals surface area contributed by atoms with Crippen LogP contribution in [0.4, 0.5) is 0 Å². The van der Waals surface area contributed by atoms with E-state index in [9.17, 15) is 0 Å². The maximum atomic E-state index is 4.12. The van der Waals surface area contributed by atoms with E-state index in [1.807, 2.05) is 0 Å². The minimum Gasteiger partial charge on any atom is -0.0996 e. The third-order valence-electron chi connectivity index (χ3n) is 4.14. The molecule has 0 saturated heterocycles. The molecule has 0 nitrogen and oxygen atoms in total. The minimum atomic E-state index is 0.361. The summed E-state index contributed by atoms with van der Waals surface area (Å²) in [4.78, 5) is 0. The molecule has 0 amide bonds. The molecule has 1 aliphatic rings. The number of allylic oxidation sites excluding steroid dienone is 1. The molecule has 0 radical (unpaired) electrons. The molecule has 0 unspecified atom stereocenters. The van der Waals surface area contributed by atoms with Gasteiger partial charge in [0.1, 0.15) is 0 Å². The highest BCUT2D eigenvalue weighted by molar-refractivity contribution is 5.06. The lowest BCUT2D eigenvalue weighted by atomic mass is 9.66. The van der Waals surface area contributed by atoms with Crippen molar-refractivity contribution in [3.05, 3.63) is 12.2 Å². The number of rotatable bonds is 2. The highest BCUT2D eigenvalue weighted by Crippen LogP contribution is 2.43. The first-order valence-electron chi connectivity index (χ1n) is 5.60. The molecule has 1 rings (SSSR count). The van der Waals surface area contributed by atoms with Crippen LogP contribution in [0.3, 0.4) is 0 Å². The molecule has 13 heavy (non-hydrogen) atoms. The average molecular weight is 180 g/mol. The molecular formula is C13H24. The van der Waals surface area contributed by atoms with Gasteiger partial charge in [-0.05, 0) is 37.0 Å². The van der Waals surface area contributed by atoms with Crippen LogP contribution in [0.25, 0.3) is 0 Å². The molecule has 0 heteroatoms. The van der Waals surface area contributed by atoms with Crippen molar-refractivity contribution in [1.82, 2.24) is 0 Å². The lowest BCUT2D eigenvalue weighted by Crippen LogP contribution is -2.28. The molecule has 0 aromatic rings. The van der Waals surface area contributed by atoms with Crippen molar-refractivity contribution in [2.24, 2.45) is 17.3 Å². The molecule has 0 heterocycles. The van der Waals surface area contributed by atoms with Crippen molar-refractivity contribution in [3.63, 3.8) is 0 Å². The Kier molecular flexibility index (Phi) is 3.21. The van der Waals surface area contributed by atoms with Crippen molar-refractivity contribution in [3.8, 4) is 0 Å². The number of hydrogen-bond acceptors (Lipinski definition) is 0. The summed E-state index contributed by atoms with van der Waals surface area (Å²) in [5.41, 5.74) is 1.72. The van der Waals surface area contributed by atoms with Gasteiger partial charge in [0.05, 0.1) is 0 Å².